The van der Waals surface area contributed by atoms with E-state index >= 15 is 0 Å². The van der Waals surface area contributed by atoms with Crippen molar-refractivity contribution in [2.45, 2.75) is 91.1 Å². The van der Waals surface area contributed by atoms with Crippen LogP contribution >= 0.6 is 0 Å². The summed E-state index contributed by atoms with van der Waals surface area (Å²) in [6, 6.07) is 0. The van der Waals surface area contributed by atoms with Crippen molar-refractivity contribution in [3.05, 3.63) is 0 Å². The number of fused-ring (bicyclic) bond motifs is 5. The average molecular weight is 305 g/mol. The van der Waals surface area contributed by atoms with E-state index in [9.17, 15) is 5.11 Å². The van der Waals surface area contributed by atoms with Gasteiger partial charge < -0.3 is 5.11 Å². The van der Waals surface area contributed by atoms with E-state index < -0.39 is 0 Å². The molecule has 0 aromatic rings. The molecule has 4 saturated carbocycles. The van der Waals surface area contributed by atoms with Gasteiger partial charge in [-0.3, -0.25) is 0 Å². The minimum absolute atomic E-state index is 0.0215. The maximum absolute atomic E-state index is 10.9. The monoisotopic (exact) mass is 304 g/mol. The fourth-order valence-corrected chi connectivity index (χ4v) is 8.09. The number of aliphatic hydroxyl groups excluding tert-OH is 1. The van der Waals surface area contributed by atoms with Crippen LogP contribution in [0.25, 0.3) is 0 Å². The minimum atomic E-state index is -0.0215. The number of rotatable bonds is 1. The van der Waals surface area contributed by atoms with Crippen LogP contribution in [0.3, 0.4) is 0 Å². The van der Waals surface area contributed by atoms with Gasteiger partial charge in [-0.05, 0) is 91.8 Å². The van der Waals surface area contributed by atoms with Crippen molar-refractivity contribution in [3.8, 4) is 0 Å². The molecular formula is C21H36O. The van der Waals surface area contributed by atoms with Crippen molar-refractivity contribution in [2.75, 3.05) is 0 Å². The van der Waals surface area contributed by atoms with Crippen LogP contribution in [0, 0.1) is 40.4 Å². The van der Waals surface area contributed by atoms with Gasteiger partial charge in [-0.2, -0.15) is 0 Å². The summed E-state index contributed by atoms with van der Waals surface area (Å²) in [6.45, 7) is 7.52. The number of hydrogen-bond donors (Lipinski definition) is 1. The van der Waals surface area contributed by atoms with Gasteiger partial charge in [0.25, 0.3) is 0 Å². The van der Waals surface area contributed by atoms with Gasteiger partial charge in [0.1, 0.15) is 0 Å². The smallest absolute Gasteiger partial charge is 0.0599 e. The summed E-state index contributed by atoms with van der Waals surface area (Å²) < 4.78 is 0. The lowest BCUT2D eigenvalue weighted by molar-refractivity contribution is -0.163. The SMILES string of the molecule is CC[C@H]1CC[C@H]2[C@@H]3CCC4CCC[C@@H](O)[C@]4(C)[C@H]3CC[C@]12C. The minimum Gasteiger partial charge on any atom is -0.393 e. The van der Waals surface area contributed by atoms with Gasteiger partial charge in [-0.25, -0.2) is 0 Å². The maximum Gasteiger partial charge on any atom is 0.0599 e. The summed E-state index contributed by atoms with van der Waals surface area (Å²) in [5.74, 6) is 4.48. The first-order valence-corrected chi connectivity index (χ1v) is 10.2. The number of aliphatic hydroxyl groups is 1. The fourth-order valence-electron chi connectivity index (χ4n) is 8.09. The van der Waals surface area contributed by atoms with Crippen LogP contribution in [0.2, 0.25) is 0 Å². The molecule has 0 aromatic heterocycles. The lowest BCUT2D eigenvalue weighted by Crippen LogP contribution is -2.57. The molecule has 126 valence electrons. The Morgan fingerprint density at radius 3 is 2.50 bits per heavy atom. The Morgan fingerprint density at radius 1 is 0.909 bits per heavy atom. The van der Waals surface area contributed by atoms with Crippen LogP contribution in [0.15, 0.2) is 0 Å². The van der Waals surface area contributed by atoms with Crippen LogP contribution in [0.5, 0.6) is 0 Å². The highest BCUT2D eigenvalue weighted by Gasteiger charge is 2.61. The second-order valence-electron chi connectivity index (χ2n) is 9.69. The molecule has 0 radical (unpaired) electrons. The quantitative estimate of drug-likeness (QED) is 0.686. The molecule has 4 fully saturated rings. The van der Waals surface area contributed by atoms with E-state index in [0.29, 0.717) is 5.41 Å². The molecule has 0 spiro atoms. The Kier molecular flexibility index (Phi) is 3.68. The molecule has 0 amide bonds. The zero-order valence-corrected chi connectivity index (χ0v) is 15.0. The Bertz CT molecular complexity index is 432. The highest BCUT2D eigenvalue weighted by Crippen LogP contribution is 2.67. The third-order valence-corrected chi connectivity index (χ3v) is 9.40. The predicted molar refractivity (Wildman–Crippen MR) is 91.5 cm³/mol. The molecule has 4 rings (SSSR count). The molecule has 0 heterocycles. The van der Waals surface area contributed by atoms with E-state index in [1.165, 1.54) is 57.8 Å². The van der Waals surface area contributed by atoms with Gasteiger partial charge >= 0.3 is 0 Å². The van der Waals surface area contributed by atoms with E-state index in [4.69, 9.17) is 0 Å². The van der Waals surface area contributed by atoms with Crippen LogP contribution in [-0.2, 0) is 0 Å². The van der Waals surface area contributed by atoms with E-state index in [1.54, 1.807) is 0 Å². The van der Waals surface area contributed by atoms with Crippen LogP contribution < -0.4 is 0 Å². The van der Waals surface area contributed by atoms with Crippen LogP contribution in [0.4, 0.5) is 0 Å². The Morgan fingerprint density at radius 2 is 1.73 bits per heavy atom. The van der Waals surface area contributed by atoms with Crippen LogP contribution in [0.1, 0.15) is 85.0 Å². The highest BCUT2D eigenvalue weighted by molar-refractivity contribution is 5.10. The molecule has 1 N–H and O–H groups in total. The van der Waals surface area contributed by atoms with Gasteiger partial charge in [0, 0.05) is 0 Å². The lowest BCUT2D eigenvalue weighted by Gasteiger charge is -2.61. The van der Waals surface area contributed by atoms with Crippen molar-refractivity contribution in [3.63, 3.8) is 0 Å². The molecule has 22 heavy (non-hydrogen) atoms. The second-order valence-corrected chi connectivity index (χ2v) is 9.69. The first-order chi connectivity index (χ1) is 10.5. The van der Waals surface area contributed by atoms with E-state index in [2.05, 4.69) is 20.8 Å². The fraction of sp³-hybridized carbons (Fsp3) is 1.00. The van der Waals surface area contributed by atoms with Crippen LogP contribution in [-0.4, -0.2) is 11.2 Å². The van der Waals surface area contributed by atoms with E-state index in [-0.39, 0.29) is 11.5 Å². The summed E-state index contributed by atoms with van der Waals surface area (Å²) in [6.07, 6.45) is 13.7. The largest absolute Gasteiger partial charge is 0.393 e. The average Bonchev–Trinajstić information content (AvgIpc) is 2.85. The van der Waals surface area contributed by atoms with Gasteiger partial charge in [-0.15, -0.1) is 0 Å². The van der Waals surface area contributed by atoms with Gasteiger partial charge in [0.15, 0.2) is 0 Å². The van der Waals surface area contributed by atoms with Crippen molar-refractivity contribution in [1.29, 1.82) is 0 Å². The van der Waals surface area contributed by atoms with Crippen molar-refractivity contribution in [2.24, 2.45) is 40.4 Å². The normalized spacial score (nSPS) is 57.8. The van der Waals surface area contributed by atoms with Gasteiger partial charge in [0.2, 0.25) is 0 Å². The molecular weight excluding hydrogens is 268 g/mol. The predicted octanol–water partition coefficient (Wildman–Crippen LogP) is 5.42. The summed E-state index contributed by atoms with van der Waals surface area (Å²) in [5.41, 5.74) is 0.867. The molecule has 8 atom stereocenters. The van der Waals surface area contributed by atoms with Crippen molar-refractivity contribution < 1.29 is 5.11 Å². The third kappa shape index (κ3) is 1.87. The molecule has 0 aliphatic heterocycles. The zero-order chi connectivity index (χ0) is 15.5. The molecule has 0 bridgehead atoms. The molecule has 4 aliphatic rings. The molecule has 1 heteroatoms. The number of hydrogen-bond acceptors (Lipinski definition) is 1. The van der Waals surface area contributed by atoms with Crippen molar-refractivity contribution >= 4 is 0 Å². The first kappa shape index (κ1) is 15.5. The standard InChI is InChI=1S/C21H36O/c1-4-14-9-11-17-16-10-8-15-6-5-7-19(22)21(15,3)18(16)12-13-20(14,17)2/h14-19,22H,4-13H2,1-3H3/t14-,15?,16-,17-,18-,19+,20+,21-/m0/s1. The summed E-state index contributed by atoms with van der Waals surface area (Å²) in [4.78, 5) is 0. The van der Waals surface area contributed by atoms with E-state index in [1.807, 2.05) is 0 Å². The Hall–Kier alpha value is -0.0400. The molecule has 1 unspecified atom stereocenters. The zero-order valence-electron chi connectivity index (χ0n) is 15.0. The van der Waals surface area contributed by atoms with Crippen molar-refractivity contribution in [1.82, 2.24) is 0 Å². The molecule has 1 nitrogen and oxygen atoms in total. The molecule has 0 aromatic carbocycles. The van der Waals surface area contributed by atoms with Gasteiger partial charge in [0.05, 0.1) is 6.10 Å². The van der Waals surface area contributed by atoms with E-state index in [0.717, 1.165) is 36.0 Å². The maximum atomic E-state index is 10.9. The first-order valence-electron chi connectivity index (χ1n) is 10.2. The second kappa shape index (κ2) is 5.23. The third-order valence-electron chi connectivity index (χ3n) is 9.40. The Balaban J connectivity index is 1.65. The highest BCUT2D eigenvalue weighted by atomic mass is 16.3. The summed E-state index contributed by atoms with van der Waals surface area (Å²) in [5, 5.41) is 10.9. The topological polar surface area (TPSA) is 20.2 Å². The molecule has 0 saturated heterocycles. The summed E-state index contributed by atoms with van der Waals surface area (Å²) >= 11 is 0. The Labute approximate surface area is 137 Å². The summed E-state index contributed by atoms with van der Waals surface area (Å²) in [7, 11) is 0. The lowest BCUT2D eigenvalue weighted by atomic mass is 9.44. The van der Waals surface area contributed by atoms with Gasteiger partial charge in [-0.1, -0.05) is 33.6 Å². The molecule has 4 aliphatic carbocycles.